The van der Waals surface area contributed by atoms with Crippen LogP contribution in [0, 0.1) is 0 Å². The van der Waals surface area contributed by atoms with E-state index < -0.39 is 0 Å². The van der Waals surface area contributed by atoms with Gasteiger partial charge in [0.15, 0.2) is 0 Å². The van der Waals surface area contributed by atoms with E-state index in [1.807, 2.05) is 24.3 Å². The van der Waals surface area contributed by atoms with Gasteiger partial charge in [0.2, 0.25) is 0 Å². The number of halogens is 2. The normalized spacial score (nSPS) is 11.9. The van der Waals surface area contributed by atoms with Crippen molar-refractivity contribution >= 4 is 11.6 Å². The minimum Gasteiger partial charge on any atom is -1.00 e. The van der Waals surface area contributed by atoms with Crippen LogP contribution in [-0.4, -0.2) is 77.6 Å². The predicted molar refractivity (Wildman–Crippen MR) is 123 cm³/mol. The maximum Gasteiger partial charge on any atom is 0.137 e. The average Bonchev–Trinajstić information content (AvgIpc) is 2.61. The molecule has 0 radical (unpaired) electrons. The smallest absolute Gasteiger partial charge is 0.137 e. The molecule has 0 amide bonds. The Balaban J connectivity index is 0.00000450. The fourth-order valence-corrected chi connectivity index (χ4v) is 2.68. The highest BCUT2D eigenvalue weighted by Gasteiger charge is 2.07. The van der Waals surface area contributed by atoms with Crippen LogP contribution in [0.2, 0.25) is 0 Å². The number of rotatable bonds is 10. The molecule has 0 N–H and O–H groups in total. The third-order valence-electron chi connectivity index (χ3n) is 4.63. The van der Waals surface area contributed by atoms with Gasteiger partial charge in [-0.3, -0.25) is 0 Å². The van der Waals surface area contributed by atoms with Gasteiger partial charge in [-0.05, 0) is 47.9 Å². The molecule has 2 aromatic carbocycles. The fraction of sp³-hybridized carbons (Fsp3) is 0.440. The second kappa shape index (κ2) is 13.6. The molecular weight excluding hydrogens is 614 g/mol. The van der Waals surface area contributed by atoms with E-state index in [0.29, 0.717) is 0 Å². The van der Waals surface area contributed by atoms with E-state index >= 15 is 0 Å². The van der Waals surface area contributed by atoms with Crippen molar-refractivity contribution < 1.29 is 66.4 Å². The standard InChI is InChI=1S/C25H38N2O2.2HI/c1-21(23-10-14-25(15-11-23)29-19-17-27(5,6)7)20-22-8-12-24(13-9-22)28-18-16-26(2,3)4;;/h8-15,20H,16-19H2,1-7H3;2*1H/q+2;;/p-2/b21-20+;;. The zero-order valence-corrected chi connectivity index (χ0v) is 24.3. The number of likely N-dealkylation sites (N-methyl/N-ethyl adjacent to an activating group) is 2. The van der Waals surface area contributed by atoms with Crippen molar-refractivity contribution in [3.8, 4) is 11.5 Å². The summed E-state index contributed by atoms with van der Waals surface area (Å²) in [5.41, 5.74) is 3.60. The van der Waals surface area contributed by atoms with Crippen LogP contribution in [0.15, 0.2) is 48.5 Å². The second-order valence-corrected chi connectivity index (χ2v) is 9.65. The van der Waals surface area contributed by atoms with E-state index in [4.69, 9.17) is 9.47 Å². The summed E-state index contributed by atoms with van der Waals surface area (Å²) in [7, 11) is 13.0. The number of nitrogens with zero attached hydrogens (tertiary/aromatic N) is 2. The third kappa shape index (κ3) is 12.7. The van der Waals surface area contributed by atoms with Gasteiger partial charge in [-0.15, -0.1) is 0 Å². The lowest BCUT2D eigenvalue weighted by Crippen LogP contribution is -3.00. The first-order valence-electron chi connectivity index (χ1n) is 10.3. The largest absolute Gasteiger partial charge is 1.00 e. The number of quaternary nitrogens is 2. The van der Waals surface area contributed by atoms with E-state index in [0.717, 1.165) is 46.8 Å². The Hall–Kier alpha value is -0.840. The molecule has 0 saturated heterocycles. The highest BCUT2D eigenvalue weighted by atomic mass is 127. The van der Waals surface area contributed by atoms with Gasteiger partial charge in [0, 0.05) is 0 Å². The van der Waals surface area contributed by atoms with Crippen LogP contribution in [0.1, 0.15) is 18.1 Å². The molecule has 0 heterocycles. The van der Waals surface area contributed by atoms with Crippen LogP contribution < -0.4 is 57.4 Å². The van der Waals surface area contributed by atoms with Gasteiger partial charge in [0.1, 0.15) is 37.8 Å². The number of hydrogen-bond donors (Lipinski definition) is 0. The van der Waals surface area contributed by atoms with Crippen LogP contribution in [0.5, 0.6) is 11.5 Å². The van der Waals surface area contributed by atoms with Crippen LogP contribution in [-0.2, 0) is 0 Å². The highest BCUT2D eigenvalue weighted by molar-refractivity contribution is 5.80. The molecule has 0 unspecified atom stereocenters. The summed E-state index contributed by atoms with van der Waals surface area (Å²) in [6, 6.07) is 16.6. The lowest BCUT2D eigenvalue weighted by atomic mass is 10.0. The quantitative estimate of drug-likeness (QED) is 0.176. The van der Waals surface area contributed by atoms with E-state index in [1.165, 1.54) is 16.7 Å². The lowest BCUT2D eigenvalue weighted by molar-refractivity contribution is -0.870. The van der Waals surface area contributed by atoms with Gasteiger partial charge in [-0.2, -0.15) is 0 Å². The molecule has 0 bridgehead atoms. The van der Waals surface area contributed by atoms with E-state index in [9.17, 15) is 0 Å². The third-order valence-corrected chi connectivity index (χ3v) is 4.63. The number of allylic oxidation sites excluding steroid dienone is 1. The van der Waals surface area contributed by atoms with E-state index in [1.54, 1.807) is 0 Å². The van der Waals surface area contributed by atoms with Crippen molar-refractivity contribution in [2.45, 2.75) is 6.92 Å². The summed E-state index contributed by atoms with van der Waals surface area (Å²) in [5.74, 6) is 1.84. The summed E-state index contributed by atoms with van der Waals surface area (Å²) in [5, 5.41) is 0. The van der Waals surface area contributed by atoms with Crippen LogP contribution >= 0.6 is 0 Å². The first-order valence-corrected chi connectivity index (χ1v) is 10.3. The Morgan fingerprint density at radius 2 is 1.06 bits per heavy atom. The van der Waals surface area contributed by atoms with Gasteiger partial charge < -0.3 is 66.4 Å². The van der Waals surface area contributed by atoms with Crippen molar-refractivity contribution in [2.75, 3.05) is 68.6 Å². The average molecular weight is 652 g/mol. The molecule has 6 heteroatoms. The zero-order valence-electron chi connectivity index (χ0n) is 20.0. The Bertz CT molecular complexity index is 790. The monoisotopic (exact) mass is 652 g/mol. The van der Waals surface area contributed by atoms with Crippen LogP contribution in [0.3, 0.4) is 0 Å². The van der Waals surface area contributed by atoms with Crippen molar-refractivity contribution in [2.24, 2.45) is 0 Å². The zero-order chi connectivity index (χ0) is 21.5. The van der Waals surface area contributed by atoms with E-state index in [-0.39, 0.29) is 48.0 Å². The first kappa shape index (κ1) is 30.2. The maximum absolute atomic E-state index is 5.85. The molecule has 31 heavy (non-hydrogen) atoms. The fourth-order valence-electron chi connectivity index (χ4n) is 2.68. The van der Waals surface area contributed by atoms with Crippen molar-refractivity contribution in [1.82, 2.24) is 0 Å². The molecule has 0 aromatic heterocycles. The van der Waals surface area contributed by atoms with Gasteiger partial charge in [-0.1, -0.05) is 30.3 Å². The molecule has 0 spiro atoms. The molecule has 0 atom stereocenters. The molecule has 174 valence electrons. The lowest BCUT2D eigenvalue weighted by Gasteiger charge is -2.23. The molecule has 0 aliphatic carbocycles. The van der Waals surface area contributed by atoms with Gasteiger partial charge >= 0.3 is 0 Å². The summed E-state index contributed by atoms with van der Waals surface area (Å²) in [6.07, 6.45) is 2.20. The molecule has 0 fully saturated rings. The summed E-state index contributed by atoms with van der Waals surface area (Å²) >= 11 is 0. The molecule has 0 aliphatic rings. The van der Waals surface area contributed by atoms with Crippen molar-refractivity contribution in [1.29, 1.82) is 0 Å². The van der Waals surface area contributed by atoms with Crippen LogP contribution in [0.4, 0.5) is 0 Å². The van der Waals surface area contributed by atoms with Crippen LogP contribution in [0.25, 0.3) is 11.6 Å². The molecule has 2 rings (SSSR count). The van der Waals surface area contributed by atoms with Gasteiger partial charge in [0.05, 0.1) is 42.3 Å². The SMILES string of the molecule is C/C(=C\c1ccc(OCC[N+](C)(C)C)cc1)c1ccc(OCC[N+](C)(C)C)cc1.[I-].[I-]. The highest BCUT2D eigenvalue weighted by Crippen LogP contribution is 2.22. The summed E-state index contributed by atoms with van der Waals surface area (Å²) in [4.78, 5) is 0. The Morgan fingerprint density at radius 3 is 1.45 bits per heavy atom. The predicted octanol–water partition coefficient (Wildman–Crippen LogP) is -1.57. The summed E-state index contributed by atoms with van der Waals surface area (Å²) in [6.45, 7) is 5.55. The minimum absolute atomic E-state index is 0. The Kier molecular flexibility index (Phi) is 13.3. The molecular formula is C25H38I2N2O2. The first-order chi connectivity index (χ1) is 13.5. The van der Waals surface area contributed by atoms with Gasteiger partial charge in [0.25, 0.3) is 0 Å². The molecule has 0 aliphatic heterocycles. The number of hydrogen-bond acceptors (Lipinski definition) is 2. The van der Waals surface area contributed by atoms with Crippen molar-refractivity contribution in [3.63, 3.8) is 0 Å². The van der Waals surface area contributed by atoms with E-state index in [2.05, 4.69) is 79.6 Å². The maximum atomic E-state index is 5.85. The molecule has 0 saturated carbocycles. The Labute approximate surface area is 223 Å². The topological polar surface area (TPSA) is 18.5 Å². The van der Waals surface area contributed by atoms with Gasteiger partial charge in [-0.25, -0.2) is 0 Å². The number of ether oxygens (including phenoxy) is 2. The minimum atomic E-state index is 0. The molecule has 2 aromatic rings. The second-order valence-electron chi connectivity index (χ2n) is 9.65. The Morgan fingerprint density at radius 1 is 0.677 bits per heavy atom. The summed E-state index contributed by atoms with van der Waals surface area (Å²) < 4.78 is 13.5. The van der Waals surface area contributed by atoms with Crippen molar-refractivity contribution in [3.05, 3.63) is 59.7 Å². The molecule has 4 nitrogen and oxygen atoms in total. The number of benzene rings is 2.